The van der Waals surface area contributed by atoms with Gasteiger partial charge in [-0.15, -0.1) is 0 Å². The van der Waals surface area contributed by atoms with Crippen molar-refractivity contribution in [2.24, 2.45) is 17.8 Å². The third-order valence-electron chi connectivity index (χ3n) is 17.5. The van der Waals surface area contributed by atoms with Gasteiger partial charge in [0, 0.05) is 75.8 Å². The standard InChI is InChI=1S/C67H103N5O19.C6H8O6/c1-42-21-19-17-15-13-11-9-10-12-14-16-18-20-22-54(89-66-63(85)61(62(84)44(3)88-66)70-58(82)41-72(7)8)38-57-60(65(86)69-29-30-71(5)6)56(81)40-67(87,91-57)39-53(79)35-51(77)33-49(75)31-48(74)32-50(76)34-52(78)37-59(83)90-64(42)43(2)23-28-47(73)36-55(80)45-24-26-46(68-4)27-25-45;7-1-2(8)5-3(9)4(10)6(11)12-5/h9-22,24-27,42-44,47-49,51-54,56-57,60-64,66,68,73-75,77-79,81,84-85,87H,23,28-41H2,1-8H3,(H,69,86)(H,70,82);2,5,7-10H,1H2/b10-9-,13-11-,14-12-,17-15-,18-16-,21-19-,22-20-;/t42-,43-,44+,47?,48+,49-,51-,52+,53-,54-,56-,57?,60+,61-,62+,63-,64-,66?,67+;2-,5-/m01/s1. The summed E-state index contributed by atoms with van der Waals surface area (Å²) in [6.07, 6.45) is -0.589. The fraction of sp³-hybridized carbons (Fsp3) is 0.616. The molecule has 30 nitrogen and oxygen atoms in total. The Morgan fingerprint density at radius 2 is 1.27 bits per heavy atom. The number of nitrogens with one attached hydrogen (secondary N) is 3. The number of rotatable bonds is 19. The fourth-order valence-electron chi connectivity index (χ4n) is 12.1. The van der Waals surface area contributed by atoms with Crippen molar-refractivity contribution in [1.82, 2.24) is 20.4 Å². The monoisotopic (exact) mass is 1460 g/mol. The van der Waals surface area contributed by atoms with Crippen molar-refractivity contribution in [2.45, 2.75) is 207 Å². The summed E-state index contributed by atoms with van der Waals surface area (Å²) in [5, 5.41) is 156. The van der Waals surface area contributed by atoms with E-state index in [4.69, 9.17) is 39.4 Å². The first kappa shape index (κ1) is 88.5. The van der Waals surface area contributed by atoms with Crippen LogP contribution < -0.4 is 16.0 Å². The van der Waals surface area contributed by atoms with Gasteiger partial charge in [-0.25, -0.2) is 4.79 Å². The third-order valence-corrected chi connectivity index (χ3v) is 17.5. The SMILES string of the molecule is CNc1ccc(C(=O)CC(O)CC[C@H](C)[C@H]2OC(=O)C[C@H](O)CC(=O)C[C@H](O)C[C@H](O)C[C@H](O)C[C@H](O)C[C@]3(O)C[C@H](O)[C@@H](C(=O)NCCN(C)C)C(C[C@@H](OC4O[C@H](C)[C@@H](O)[C@H](NC(=O)CN(C)C)[C@@H]4O)\C=C/C=C\C=C/C=C\C=C/C=C\C=C/[C@@H]2C)O3)cc1.O=C1O[C@H]([C@H](O)CO)C(O)=C1O. The van der Waals surface area contributed by atoms with Gasteiger partial charge in [0.25, 0.3) is 0 Å². The molecule has 0 radical (unpaired) electrons. The second-order valence-electron chi connectivity index (χ2n) is 27.2. The number of aliphatic hydroxyl groups excluding tert-OH is 13. The smallest absolute Gasteiger partial charge is 0.377 e. The number of esters is 2. The van der Waals surface area contributed by atoms with Crippen molar-refractivity contribution in [3.8, 4) is 0 Å². The van der Waals surface area contributed by atoms with Crippen molar-refractivity contribution < 1.29 is 124 Å². The number of likely N-dealkylation sites (N-methyl/N-ethyl adjacent to an activating group) is 2. The van der Waals surface area contributed by atoms with Crippen LogP contribution in [0.4, 0.5) is 5.69 Å². The van der Waals surface area contributed by atoms with Gasteiger partial charge in [-0.2, -0.15) is 0 Å². The lowest BCUT2D eigenvalue weighted by molar-refractivity contribution is -0.307. The normalized spacial score (nSPS) is 33.8. The van der Waals surface area contributed by atoms with E-state index in [1.807, 2.05) is 38.9 Å². The van der Waals surface area contributed by atoms with E-state index in [0.29, 0.717) is 18.5 Å². The van der Waals surface area contributed by atoms with Crippen LogP contribution in [0.25, 0.3) is 0 Å². The van der Waals surface area contributed by atoms with Gasteiger partial charge in [0.2, 0.25) is 17.6 Å². The molecule has 578 valence electrons. The van der Waals surface area contributed by atoms with E-state index in [9.17, 15) is 79.8 Å². The number of fused-ring (bicyclic) bond motifs is 2. The van der Waals surface area contributed by atoms with E-state index in [0.717, 1.165) is 5.69 Å². The summed E-state index contributed by atoms with van der Waals surface area (Å²) < 4.78 is 28.9. The van der Waals surface area contributed by atoms with E-state index in [1.165, 1.54) is 6.92 Å². The third kappa shape index (κ3) is 31.4. The highest BCUT2D eigenvalue weighted by Crippen LogP contribution is 2.39. The van der Waals surface area contributed by atoms with Crippen molar-refractivity contribution in [2.75, 3.05) is 66.8 Å². The second kappa shape index (κ2) is 44.8. The molecule has 30 heteroatoms. The second-order valence-corrected chi connectivity index (χ2v) is 27.2. The van der Waals surface area contributed by atoms with Crippen LogP contribution in [0.5, 0.6) is 0 Å². The van der Waals surface area contributed by atoms with Gasteiger partial charge in [0.05, 0.1) is 92.6 Å². The predicted octanol–water partition coefficient (Wildman–Crippen LogP) is 0.651. The molecule has 1 aromatic rings. The summed E-state index contributed by atoms with van der Waals surface area (Å²) >= 11 is 0. The Labute approximate surface area is 601 Å². The van der Waals surface area contributed by atoms with Gasteiger partial charge in [0.15, 0.2) is 29.7 Å². The maximum absolute atomic E-state index is 14.0. The molecule has 2 fully saturated rings. The van der Waals surface area contributed by atoms with Crippen molar-refractivity contribution in [1.29, 1.82) is 0 Å². The van der Waals surface area contributed by atoms with E-state index < -0.39 is 215 Å². The van der Waals surface area contributed by atoms with Crippen molar-refractivity contribution in [3.05, 3.63) is 126 Å². The lowest BCUT2D eigenvalue weighted by Crippen LogP contribution is -2.64. The number of nitrogens with zero attached hydrogens (tertiary/aromatic N) is 2. The molecule has 4 aliphatic heterocycles. The van der Waals surface area contributed by atoms with E-state index in [1.54, 1.807) is 129 Å². The highest BCUT2D eigenvalue weighted by Gasteiger charge is 2.51. The van der Waals surface area contributed by atoms with Crippen LogP contribution in [0, 0.1) is 17.8 Å². The fourth-order valence-corrected chi connectivity index (χ4v) is 12.1. The molecule has 3 unspecified atom stereocenters. The number of amides is 2. The van der Waals surface area contributed by atoms with E-state index in [2.05, 4.69) is 20.7 Å². The molecule has 0 spiro atoms. The number of hydrogen-bond donors (Lipinski definition) is 17. The molecule has 2 amide bonds. The Balaban J connectivity index is 0.00000169. The van der Waals surface area contributed by atoms with Crippen LogP contribution in [0.15, 0.2) is 121 Å². The Hall–Kier alpha value is -6.92. The van der Waals surface area contributed by atoms with Crippen LogP contribution >= 0.6 is 0 Å². The Morgan fingerprint density at radius 3 is 1.83 bits per heavy atom. The molecule has 4 heterocycles. The average Bonchev–Trinajstić information content (AvgIpc) is 1.51. The van der Waals surface area contributed by atoms with Crippen molar-refractivity contribution in [3.63, 3.8) is 0 Å². The summed E-state index contributed by atoms with van der Waals surface area (Å²) in [5.74, 6) is -9.88. The van der Waals surface area contributed by atoms with Crippen LogP contribution in [0.2, 0.25) is 0 Å². The number of anilines is 1. The van der Waals surface area contributed by atoms with Gasteiger partial charge in [-0.05, 0) is 97.4 Å². The predicted molar refractivity (Wildman–Crippen MR) is 377 cm³/mol. The first-order valence-corrected chi connectivity index (χ1v) is 34.7. The Kier molecular flexibility index (Phi) is 38.5. The maximum atomic E-state index is 14.0. The minimum absolute atomic E-state index is 0.0513. The topological polar surface area (TPSA) is 474 Å². The molecule has 21 atom stereocenters. The molecule has 2 saturated heterocycles. The summed E-state index contributed by atoms with van der Waals surface area (Å²) in [7, 11) is 8.75. The molecule has 0 aliphatic carbocycles. The van der Waals surface area contributed by atoms with Crippen LogP contribution in [0.1, 0.15) is 108 Å². The number of ether oxygens (including phenoxy) is 5. The average molecular weight is 1460 g/mol. The zero-order valence-corrected chi connectivity index (χ0v) is 59.9. The highest BCUT2D eigenvalue weighted by atomic mass is 16.7. The van der Waals surface area contributed by atoms with Crippen LogP contribution in [-0.4, -0.2) is 288 Å². The number of carbonyl (C=O) groups excluding carboxylic acids is 6. The van der Waals surface area contributed by atoms with E-state index >= 15 is 0 Å². The highest BCUT2D eigenvalue weighted by molar-refractivity contribution is 5.96. The first-order chi connectivity index (χ1) is 48.6. The number of aliphatic hydroxyl groups is 14. The van der Waals surface area contributed by atoms with Gasteiger partial charge in [-0.3, -0.25) is 24.0 Å². The van der Waals surface area contributed by atoms with Crippen molar-refractivity contribution >= 4 is 41.0 Å². The van der Waals surface area contributed by atoms with Crippen LogP contribution in [0.3, 0.4) is 0 Å². The molecule has 5 rings (SSSR count). The van der Waals surface area contributed by atoms with Gasteiger partial charge in [-0.1, -0.05) is 98.9 Å². The molecule has 4 aliphatic rings. The largest absolute Gasteiger partial charge is 0.505 e. The minimum atomic E-state index is -2.32. The Morgan fingerprint density at radius 1 is 0.699 bits per heavy atom. The molecular weight excluding hydrogens is 1350 g/mol. The zero-order chi connectivity index (χ0) is 76.7. The maximum Gasteiger partial charge on any atom is 0.377 e. The number of carbonyl (C=O) groups is 6. The number of cyclic esters (lactones) is 2. The quantitative estimate of drug-likeness (QED) is 0.0668. The molecular formula is C73H111N5O25. The summed E-state index contributed by atoms with van der Waals surface area (Å²) in [6.45, 7) is 5.14. The Bertz CT molecular complexity index is 3060. The number of benzene rings is 1. The van der Waals surface area contributed by atoms with Gasteiger partial charge < -0.3 is 121 Å². The van der Waals surface area contributed by atoms with Gasteiger partial charge in [0.1, 0.15) is 30.2 Å². The number of hydrogen-bond acceptors (Lipinski definition) is 28. The summed E-state index contributed by atoms with van der Waals surface area (Å²) in [6, 6.07) is 5.68. The minimum Gasteiger partial charge on any atom is -0.505 e. The number of allylic oxidation sites excluding steroid dienone is 12. The van der Waals surface area contributed by atoms with E-state index in [-0.39, 0.29) is 50.0 Å². The zero-order valence-electron chi connectivity index (χ0n) is 59.9. The lowest BCUT2D eigenvalue weighted by atomic mass is 9.82. The molecule has 2 bridgehead atoms. The molecule has 1 aromatic carbocycles. The summed E-state index contributed by atoms with van der Waals surface area (Å²) in [4.78, 5) is 80.3. The summed E-state index contributed by atoms with van der Waals surface area (Å²) in [5.41, 5.74) is 1.30. The molecule has 103 heavy (non-hydrogen) atoms. The number of Topliss-reactive ketones (excluding diaryl/α,β-unsaturated/α-hetero) is 2. The molecule has 0 saturated carbocycles. The molecule has 17 N–H and O–H groups in total. The lowest BCUT2D eigenvalue weighted by Gasteiger charge is -2.46. The first-order valence-electron chi connectivity index (χ1n) is 34.7. The van der Waals surface area contributed by atoms with Gasteiger partial charge >= 0.3 is 11.9 Å². The molecule has 0 aromatic heterocycles. The van der Waals surface area contributed by atoms with Crippen LogP contribution in [-0.2, 0) is 47.7 Å². The number of ketones is 2.